The number of morpholine rings is 1. The van der Waals surface area contributed by atoms with Crippen LogP contribution in [-0.2, 0) is 4.74 Å². The largest absolute Gasteiger partial charge is 0.378 e. The molecule has 1 aliphatic heterocycles. The third kappa shape index (κ3) is 4.18. The zero-order chi connectivity index (χ0) is 16.2. The standard InChI is InChI=1S/C14H23N7O/c1-5-20(10-15)12-16-11(19-14(2,3)4)17-13(18-12)21-6-8-22-9-7-21/h5-9H2,1-4H3,(H,16,17,18,19). The van der Waals surface area contributed by atoms with Crippen molar-refractivity contribution in [3.05, 3.63) is 0 Å². The summed E-state index contributed by atoms with van der Waals surface area (Å²) in [7, 11) is 0. The number of ether oxygens (including phenoxy) is 1. The van der Waals surface area contributed by atoms with Crippen LogP contribution in [0.3, 0.4) is 0 Å². The number of hydrogen-bond donors (Lipinski definition) is 1. The number of nitrogens with zero attached hydrogens (tertiary/aromatic N) is 6. The van der Waals surface area contributed by atoms with Crippen LogP contribution >= 0.6 is 0 Å². The van der Waals surface area contributed by atoms with Crippen molar-refractivity contribution in [3.63, 3.8) is 0 Å². The second-order valence-electron chi connectivity index (χ2n) is 6.08. The fourth-order valence-electron chi connectivity index (χ4n) is 2.03. The van der Waals surface area contributed by atoms with E-state index in [1.54, 1.807) is 0 Å². The Morgan fingerprint density at radius 1 is 1.27 bits per heavy atom. The first-order valence-electron chi connectivity index (χ1n) is 7.47. The molecular weight excluding hydrogens is 282 g/mol. The number of nitriles is 1. The monoisotopic (exact) mass is 305 g/mol. The van der Waals surface area contributed by atoms with E-state index in [-0.39, 0.29) is 5.54 Å². The summed E-state index contributed by atoms with van der Waals surface area (Å²) in [6.07, 6.45) is 2.10. The molecule has 0 atom stereocenters. The van der Waals surface area contributed by atoms with Gasteiger partial charge in [-0.1, -0.05) is 0 Å². The van der Waals surface area contributed by atoms with Gasteiger partial charge in [0.25, 0.3) is 0 Å². The van der Waals surface area contributed by atoms with Crippen molar-refractivity contribution in [2.75, 3.05) is 48.0 Å². The summed E-state index contributed by atoms with van der Waals surface area (Å²) in [4.78, 5) is 16.8. The molecule has 1 fully saturated rings. The van der Waals surface area contributed by atoms with Gasteiger partial charge in [-0.3, -0.25) is 0 Å². The highest BCUT2D eigenvalue weighted by atomic mass is 16.5. The van der Waals surface area contributed by atoms with Crippen molar-refractivity contribution >= 4 is 17.8 Å². The lowest BCUT2D eigenvalue weighted by molar-refractivity contribution is 0.122. The van der Waals surface area contributed by atoms with Crippen LogP contribution in [0.5, 0.6) is 0 Å². The van der Waals surface area contributed by atoms with E-state index in [1.807, 2.05) is 32.6 Å². The van der Waals surface area contributed by atoms with Crippen molar-refractivity contribution in [2.45, 2.75) is 33.2 Å². The molecule has 0 saturated carbocycles. The summed E-state index contributed by atoms with van der Waals surface area (Å²) in [5, 5.41) is 12.5. The number of aromatic nitrogens is 3. The second-order valence-corrected chi connectivity index (χ2v) is 6.08. The first kappa shape index (κ1) is 16.2. The van der Waals surface area contributed by atoms with Crippen LogP contribution < -0.4 is 15.1 Å². The average Bonchev–Trinajstić information content (AvgIpc) is 2.47. The highest BCUT2D eigenvalue weighted by molar-refractivity contribution is 5.48. The lowest BCUT2D eigenvalue weighted by Gasteiger charge is -2.28. The topological polar surface area (TPSA) is 90.2 Å². The van der Waals surface area contributed by atoms with E-state index in [4.69, 9.17) is 4.74 Å². The Labute approximate surface area is 131 Å². The minimum absolute atomic E-state index is 0.176. The van der Waals surface area contributed by atoms with Gasteiger partial charge in [-0.25, -0.2) is 4.90 Å². The van der Waals surface area contributed by atoms with E-state index in [1.165, 1.54) is 4.90 Å². The van der Waals surface area contributed by atoms with Crippen LogP contribution in [0.4, 0.5) is 17.8 Å². The second kappa shape index (κ2) is 6.75. The van der Waals surface area contributed by atoms with Gasteiger partial charge >= 0.3 is 0 Å². The maximum Gasteiger partial charge on any atom is 0.245 e. The number of anilines is 3. The van der Waals surface area contributed by atoms with Gasteiger partial charge in [0.15, 0.2) is 6.19 Å². The molecule has 0 bridgehead atoms. The molecule has 1 aromatic heterocycles. The molecule has 0 amide bonds. The van der Waals surface area contributed by atoms with Crippen LogP contribution in [0.25, 0.3) is 0 Å². The van der Waals surface area contributed by atoms with Crippen LogP contribution in [0.1, 0.15) is 27.7 Å². The zero-order valence-corrected chi connectivity index (χ0v) is 13.6. The number of hydrogen-bond acceptors (Lipinski definition) is 8. The first-order valence-corrected chi connectivity index (χ1v) is 7.47. The van der Waals surface area contributed by atoms with Crippen molar-refractivity contribution in [1.82, 2.24) is 15.0 Å². The molecule has 1 saturated heterocycles. The zero-order valence-electron chi connectivity index (χ0n) is 13.6. The third-order valence-electron chi connectivity index (χ3n) is 3.07. The van der Waals surface area contributed by atoms with Crippen LogP contribution in [0.15, 0.2) is 0 Å². The van der Waals surface area contributed by atoms with Crippen molar-refractivity contribution in [3.8, 4) is 6.19 Å². The Morgan fingerprint density at radius 2 is 1.95 bits per heavy atom. The molecule has 0 unspecified atom stereocenters. The first-order chi connectivity index (χ1) is 10.4. The quantitative estimate of drug-likeness (QED) is 0.656. The van der Waals surface area contributed by atoms with E-state index >= 15 is 0 Å². The van der Waals surface area contributed by atoms with Gasteiger partial charge < -0.3 is 15.0 Å². The Morgan fingerprint density at radius 3 is 2.50 bits per heavy atom. The predicted molar refractivity (Wildman–Crippen MR) is 84.9 cm³/mol. The van der Waals surface area contributed by atoms with Crippen molar-refractivity contribution < 1.29 is 4.74 Å². The summed E-state index contributed by atoms with van der Waals surface area (Å²) >= 11 is 0. The molecule has 120 valence electrons. The number of rotatable bonds is 4. The van der Waals surface area contributed by atoms with E-state index in [0.29, 0.717) is 37.6 Å². The smallest absolute Gasteiger partial charge is 0.245 e. The molecule has 0 radical (unpaired) electrons. The van der Waals surface area contributed by atoms with Gasteiger partial charge in [0.1, 0.15) is 0 Å². The molecule has 8 nitrogen and oxygen atoms in total. The van der Waals surface area contributed by atoms with Crippen molar-refractivity contribution in [1.29, 1.82) is 5.26 Å². The highest BCUT2D eigenvalue weighted by Crippen LogP contribution is 2.19. The molecule has 0 spiro atoms. The molecule has 22 heavy (non-hydrogen) atoms. The van der Waals surface area contributed by atoms with Crippen LogP contribution in [0, 0.1) is 11.5 Å². The highest BCUT2D eigenvalue weighted by Gasteiger charge is 2.20. The molecular formula is C14H23N7O. The third-order valence-corrected chi connectivity index (χ3v) is 3.07. The molecule has 0 aliphatic carbocycles. The molecule has 1 aromatic rings. The van der Waals surface area contributed by atoms with E-state index in [2.05, 4.69) is 26.5 Å². The van der Waals surface area contributed by atoms with E-state index < -0.39 is 0 Å². The Balaban J connectivity index is 2.37. The van der Waals surface area contributed by atoms with E-state index in [9.17, 15) is 5.26 Å². The molecule has 0 aromatic carbocycles. The maximum absolute atomic E-state index is 9.23. The SMILES string of the molecule is CCN(C#N)c1nc(NC(C)(C)C)nc(N2CCOCC2)n1. The van der Waals surface area contributed by atoms with E-state index in [0.717, 1.165) is 13.1 Å². The fraction of sp³-hybridized carbons (Fsp3) is 0.714. The van der Waals surface area contributed by atoms with Gasteiger partial charge in [-0.05, 0) is 27.7 Å². The van der Waals surface area contributed by atoms with Gasteiger partial charge in [-0.15, -0.1) is 0 Å². The summed E-state index contributed by atoms with van der Waals surface area (Å²) in [6, 6.07) is 0. The summed E-state index contributed by atoms with van der Waals surface area (Å²) in [5.41, 5.74) is -0.176. The van der Waals surface area contributed by atoms with Gasteiger partial charge in [0.05, 0.1) is 13.2 Å². The summed E-state index contributed by atoms with van der Waals surface area (Å²) in [5.74, 6) is 1.43. The minimum atomic E-state index is -0.176. The molecule has 2 heterocycles. The average molecular weight is 305 g/mol. The Kier molecular flexibility index (Phi) is 4.98. The Bertz CT molecular complexity index is 543. The normalized spacial score (nSPS) is 15.3. The van der Waals surface area contributed by atoms with Gasteiger partial charge in [0, 0.05) is 25.2 Å². The Hall–Kier alpha value is -2.14. The van der Waals surface area contributed by atoms with Crippen LogP contribution in [-0.4, -0.2) is 53.3 Å². The fourth-order valence-corrected chi connectivity index (χ4v) is 2.03. The molecule has 2 rings (SSSR count). The molecule has 1 N–H and O–H groups in total. The lowest BCUT2D eigenvalue weighted by Crippen LogP contribution is -2.38. The lowest BCUT2D eigenvalue weighted by atomic mass is 10.1. The predicted octanol–water partition coefficient (Wildman–Crippen LogP) is 1.23. The maximum atomic E-state index is 9.23. The summed E-state index contributed by atoms with van der Waals surface area (Å²) in [6.45, 7) is 11.3. The van der Waals surface area contributed by atoms with Crippen molar-refractivity contribution in [2.24, 2.45) is 0 Å². The molecule has 1 aliphatic rings. The molecule has 8 heteroatoms. The van der Waals surface area contributed by atoms with Gasteiger partial charge in [-0.2, -0.15) is 20.2 Å². The van der Waals surface area contributed by atoms with Crippen LogP contribution in [0.2, 0.25) is 0 Å². The van der Waals surface area contributed by atoms with Gasteiger partial charge in [0.2, 0.25) is 17.8 Å². The minimum Gasteiger partial charge on any atom is -0.378 e. The summed E-state index contributed by atoms with van der Waals surface area (Å²) < 4.78 is 5.36. The number of nitrogens with one attached hydrogen (secondary N) is 1.